The maximum atomic E-state index is 12.4. The number of hydrogen-bond donors (Lipinski definition) is 0. The van der Waals surface area contributed by atoms with Crippen LogP contribution in [-0.4, -0.2) is 49.3 Å². The number of ether oxygens (including phenoxy) is 2. The molecular formula is C19H28NO3+. The van der Waals surface area contributed by atoms with Crippen molar-refractivity contribution in [1.82, 2.24) is 0 Å². The molecule has 2 aliphatic rings. The Hall–Kier alpha value is -1.55. The molecule has 126 valence electrons. The van der Waals surface area contributed by atoms with Crippen LogP contribution >= 0.6 is 0 Å². The molecule has 23 heavy (non-hydrogen) atoms. The van der Waals surface area contributed by atoms with Crippen LogP contribution in [0.5, 0.6) is 5.75 Å². The molecule has 2 aliphatic heterocycles. The van der Waals surface area contributed by atoms with E-state index in [1.165, 1.54) is 19.3 Å². The zero-order chi connectivity index (χ0) is 16.4. The van der Waals surface area contributed by atoms with E-state index in [0.717, 1.165) is 23.1 Å². The van der Waals surface area contributed by atoms with Crippen molar-refractivity contribution in [2.75, 3.05) is 20.7 Å². The van der Waals surface area contributed by atoms with Gasteiger partial charge in [0.05, 0.1) is 38.3 Å². The topological polar surface area (TPSA) is 35.5 Å². The van der Waals surface area contributed by atoms with Gasteiger partial charge in [-0.1, -0.05) is 0 Å². The monoisotopic (exact) mass is 318 g/mol. The average molecular weight is 318 g/mol. The van der Waals surface area contributed by atoms with Crippen molar-refractivity contribution in [1.29, 1.82) is 0 Å². The maximum absolute atomic E-state index is 12.4. The number of esters is 1. The third-order valence-electron chi connectivity index (χ3n) is 5.70. The summed E-state index contributed by atoms with van der Waals surface area (Å²) in [5.74, 6) is 0.582. The largest absolute Gasteiger partial charge is 0.494 e. The van der Waals surface area contributed by atoms with Crippen molar-refractivity contribution >= 4 is 5.97 Å². The summed E-state index contributed by atoms with van der Waals surface area (Å²) in [6.45, 7) is 2.57. The minimum Gasteiger partial charge on any atom is -0.494 e. The van der Waals surface area contributed by atoms with Gasteiger partial charge in [0.2, 0.25) is 0 Å². The fourth-order valence-corrected chi connectivity index (χ4v) is 4.20. The van der Waals surface area contributed by atoms with Crippen LogP contribution in [0.3, 0.4) is 0 Å². The first kappa shape index (κ1) is 16.3. The number of carbonyl (C=O) groups is 1. The molecule has 0 spiro atoms. The van der Waals surface area contributed by atoms with E-state index in [1.807, 2.05) is 19.1 Å². The van der Waals surface area contributed by atoms with Crippen LogP contribution < -0.4 is 4.74 Å². The van der Waals surface area contributed by atoms with E-state index in [4.69, 9.17) is 9.47 Å². The highest BCUT2D eigenvalue weighted by Crippen LogP contribution is 2.38. The van der Waals surface area contributed by atoms with Crippen molar-refractivity contribution in [3.8, 4) is 5.75 Å². The predicted octanol–water partition coefficient (Wildman–Crippen LogP) is 3.40. The third kappa shape index (κ3) is 3.37. The summed E-state index contributed by atoms with van der Waals surface area (Å²) in [6, 6.07) is 8.49. The van der Waals surface area contributed by atoms with Crippen LogP contribution in [0.15, 0.2) is 24.3 Å². The summed E-state index contributed by atoms with van der Waals surface area (Å²) >= 11 is 0. The zero-order valence-electron chi connectivity index (χ0n) is 14.5. The van der Waals surface area contributed by atoms with Crippen LogP contribution in [0.1, 0.15) is 49.4 Å². The number of fused-ring (bicyclic) bond motifs is 2. The second kappa shape index (κ2) is 6.52. The fourth-order valence-electron chi connectivity index (χ4n) is 4.20. The summed E-state index contributed by atoms with van der Waals surface area (Å²) in [5, 5.41) is 0. The van der Waals surface area contributed by atoms with E-state index >= 15 is 0 Å². The van der Waals surface area contributed by atoms with Gasteiger partial charge >= 0.3 is 5.97 Å². The van der Waals surface area contributed by atoms with Gasteiger partial charge in [0.15, 0.2) is 0 Å². The molecule has 0 amide bonds. The van der Waals surface area contributed by atoms with Gasteiger partial charge in [0, 0.05) is 12.8 Å². The van der Waals surface area contributed by atoms with E-state index in [0.29, 0.717) is 24.3 Å². The first-order chi connectivity index (χ1) is 11.0. The lowest BCUT2D eigenvalue weighted by molar-refractivity contribution is -0.950. The Labute approximate surface area is 139 Å². The SMILES string of the molecule is CCOc1ccc(C(=O)OC2C[C@H]3CCC[C@H](C2)[N+]3(C)C)cc1. The Kier molecular flexibility index (Phi) is 4.62. The number of quaternary nitrogens is 1. The van der Waals surface area contributed by atoms with E-state index in [1.54, 1.807) is 12.1 Å². The molecule has 2 saturated heterocycles. The zero-order valence-corrected chi connectivity index (χ0v) is 14.5. The van der Waals surface area contributed by atoms with Crippen molar-refractivity contribution in [3.63, 3.8) is 0 Å². The van der Waals surface area contributed by atoms with Gasteiger partial charge in [-0.3, -0.25) is 0 Å². The highest BCUT2D eigenvalue weighted by Gasteiger charge is 2.47. The summed E-state index contributed by atoms with van der Waals surface area (Å²) in [5.41, 5.74) is 0.609. The number of benzene rings is 1. The number of hydrogen-bond acceptors (Lipinski definition) is 3. The lowest BCUT2D eigenvalue weighted by Gasteiger charge is -2.52. The van der Waals surface area contributed by atoms with E-state index in [2.05, 4.69) is 14.1 Å². The minimum atomic E-state index is -0.205. The number of carbonyl (C=O) groups excluding carboxylic acids is 1. The molecule has 2 bridgehead atoms. The van der Waals surface area contributed by atoms with Crippen LogP contribution in [0, 0.1) is 0 Å². The fraction of sp³-hybridized carbons (Fsp3) is 0.632. The number of piperidine rings is 2. The van der Waals surface area contributed by atoms with Gasteiger partial charge in [0.25, 0.3) is 0 Å². The molecular weight excluding hydrogens is 290 g/mol. The molecule has 3 rings (SSSR count). The highest BCUT2D eigenvalue weighted by molar-refractivity contribution is 5.89. The molecule has 4 heteroatoms. The molecule has 0 unspecified atom stereocenters. The smallest absolute Gasteiger partial charge is 0.338 e. The first-order valence-electron chi connectivity index (χ1n) is 8.78. The van der Waals surface area contributed by atoms with Gasteiger partial charge in [-0.05, 0) is 50.5 Å². The van der Waals surface area contributed by atoms with Crippen molar-refractivity contribution < 1.29 is 18.8 Å². The molecule has 0 radical (unpaired) electrons. The quantitative estimate of drug-likeness (QED) is 0.630. The van der Waals surface area contributed by atoms with E-state index < -0.39 is 0 Å². The summed E-state index contributed by atoms with van der Waals surface area (Å²) in [7, 11) is 4.66. The van der Waals surface area contributed by atoms with Crippen molar-refractivity contribution in [2.24, 2.45) is 0 Å². The summed E-state index contributed by atoms with van der Waals surface area (Å²) in [4.78, 5) is 12.4. The van der Waals surface area contributed by atoms with Crippen LogP contribution in [-0.2, 0) is 4.74 Å². The molecule has 0 aromatic heterocycles. The lowest BCUT2D eigenvalue weighted by atomic mass is 9.81. The Balaban J connectivity index is 1.62. The second-order valence-corrected chi connectivity index (χ2v) is 7.32. The predicted molar refractivity (Wildman–Crippen MR) is 89.6 cm³/mol. The van der Waals surface area contributed by atoms with Gasteiger partial charge in [-0.2, -0.15) is 0 Å². The number of rotatable bonds is 4. The third-order valence-corrected chi connectivity index (χ3v) is 5.70. The molecule has 0 saturated carbocycles. The van der Waals surface area contributed by atoms with E-state index in [9.17, 15) is 4.79 Å². The normalized spacial score (nSPS) is 28.9. The van der Waals surface area contributed by atoms with Gasteiger partial charge < -0.3 is 14.0 Å². The molecule has 1 aromatic rings. The molecule has 2 atom stereocenters. The van der Waals surface area contributed by atoms with Gasteiger partial charge in [-0.15, -0.1) is 0 Å². The van der Waals surface area contributed by atoms with Crippen molar-refractivity contribution in [3.05, 3.63) is 29.8 Å². The molecule has 2 fully saturated rings. The molecule has 4 nitrogen and oxygen atoms in total. The average Bonchev–Trinajstić information content (AvgIpc) is 2.49. The molecule has 1 aromatic carbocycles. The number of nitrogens with zero attached hydrogens (tertiary/aromatic N) is 1. The maximum Gasteiger partial charge on any atom is 0.338 e. The van der Waals surface area contributed by atoms with Gasteiger partial charge in [-0.25, -0.2) is 4.79 Å². The minimum absolute atomic E-state index is 0.0653. The van der Waals surface area contributed by atoms with Gasteiger partial charge in [0.1, 0.15) is 11.9 Å². The van der Waals surface area contributed by atoms with Crippen LogP contribution in [0.2, 0.25) is 0 Å². The lowest BCUT2D eigenvalue weighted by Crippen LogP contribution is -2.63. The second-order valence-electron chi connectivity index (χ2n) is 7.32. The standard InChI is InChI=1S/C19H28NO3/c1-4-22-17-10-8-14(9-11-17)19(21)23-18-12-15-6-5-7-16(13-18)20(15,2)3/h8-11,15-16,18H,4-7,12-13H2,1-3H3/q+1/t15-,16-/m1/s1. The molecule has 0 aliphatic carbocycles. The van der Waals surface area contributed by atoms with Crippen molar-refractivity contribution in [2.45, 2.75) is 57.2 Å². The molecule has 0 N–H and O–H groups in total. The van der Waals surface area contributed by atoms with Crippen LogP contribution in [0.25, 0.3) is 0 Å². The first-order valence-corrected chi connectivity index (χ1v) is 8.78. The Morgan fingerprint density at radius 1 is 1.13 bits per heavy atom. The summed E-state index contributed by atoms with van der Waals surface area (Å²) in [6.07, 6.45) is 5.87. The molecule has 2 heterocycles. The Morgan fingerprint density at radius 3 is 2.30 bits per heavy atom. The Bertz CT molecular complexity index is 536. The highest BCUT2D eigenvalue weighted by atomic mass is 16.5. The van der Waals surface area contributed by atoms with Crippen LogP contribution in [0.4, 0.5) is 0 Å². The summed E-state index contributed by atoms with van der Waals surface area (Å²) < 4.78 is 12.3. The Morgan fingerprint density at radius 2 is 1.74 bits per heavy atom. The van der Waals surface area contributed by atoms with E-state index in [-0.39, 0.29) is 12.1 Å².